The third-order valence-corrected chi connectivity index (χ3v) is 6.75. The highest BCUT2D eigenvalue weighted by Crippen LogP contribution is 2.59. The Labute approximate surface area is 173 Å². The summed E-state index contributed by atoms with van der Waals surface area (Å²) >= 11 is 0. The summed E-state index contributed by atoms with van der Waals surface area (Å²) in [7, 11) is 0. The molecule has 8 nitrogen and oxygen atoms in total. The van der Waals surface area contributed by atoms with Gasteiger partial charge in [0.05, 0.1) is 5.56 Å². The maximum absolute atomic E-state index is 12.8. The minimum Gasteiger partial charge on any atom is -0.462 e. The van der Waals surface area contributed by atoms with Gasteiger partial charge in [0.25, 0.3) is 0 Å². The van der Waals surface area contributed by atoms with E-state index < -0.39 is 41.5 Å². The first-order valence-corrected chi connectivity index (χ1v) is 10.1. The van der Waals surface area contributed by atoms with E-state index in [1.54, 1.807) is 6.07 Å². The van der Waals surface area contributed by atoms with E-state index in [-0.39, 0.29) is 12.0 Å². The topological polar surface area (TPSA) is 108 Å². The molecule has 0 spiro atoms. The van der Waals surface area contributed by atoms with Crippen molar-refractivity contribution in [2.45, 2.75) is 75.7 Å². The molecule has 0 aromatic carbocycles. The second kappa shape index (κ2) is 6.28. The number of carbonyl (C=O) groups is 3. The van der Waals surface area contributed by atoms with Gasteiger partial charge in [-0.25, -0.2) is 4.79 Å². The molecule has 1 aromatic rings. The first-order chi connectivity index (χ1) is 14.2. The molecule has 3 saturated heterocycles. The van der Waals surface area contributed by atoms with Gasteiger partial charge >= 0.3 is 11.9 Å². The molecule has 0 amide bonds. The molecule has 0 radical (unpaired) electrons. The molecule has 30 heavy (non-hydrogen) atoms. The molecule has 1 aromatic heterocycles. The number of hydrogen-bond acceptors (Lipinski definition) is 8. The smallest absolute Gasteiger partial charge is 0.345 e. The van der Waals surface area contributed by atoms with Crippen LogP contribution in [0.15, 0.2) is 22.6 Å². The zero-order chi connectivity index (χ0) is 21.4. The van der Waals surface area contributed by atoms with Crippen LogP contribution in [-0.4, -0.2) is 47.7 Å². The lowest BCUT2D eigenvalue weighted by molar-refractivity contribution is -0.165. The van der Waals surface area contributed by atoms with E-state index >= 15 is 0 Å². The summed E-state index contributed by atoms with van der Waals surface area (Å²) in [5.74, 6) is -0.0990. The number of hydrogen-bond donors (Lipinski definition) is 0. The van der Waals surface area contributed by atoms with Gasteiger partial charge < -0.3 is 23.4 Å². The Bertz CT molecular complexity index is 962. The fourth-order valence-electron chi connectivity index (χ4n) is 4.98. The van der Waals surface area contributed by atoms with Gasteiger partial charge in [0.15, 0.2) is 6.29 Å². The van der Waals surface area contributed by atoms with Gasteiger partial charge in [0.2, 0.25) is 5.60 Å². The number of rotatable bonds is 3. The number of aldehydes is 1. The minimum atomic E-state index is -1.29. The molecular formula is C22H24O8. The number of ether oxygens (including phenoxy) is 4. The summed E-state index contributed by atoms with van der Waals surface area (Å²) in [5.41, 5.74) is -0.606. The first-order valence-electron chi connectivity index (χ1n) is 10.1. The van der Waals surface area contributed by atoms with Crippen LogP contribution in [0.3, 0.4) is 0 Å². The normalized spacial score (nSPS) is 41.2. The van der Waals surface area contributed by atoms with Crippen LogP contribution in [0.4, 0.5) is 0 Å². The first kappa shape index (κ1) is 19.5. The summed E-state index contributed by atoms with van der Waals surface area (Å²) in [6.45, 7) is 9.13. The fraction of sp³-hybridized carbons (Fsp3) is 0.591. The van der Waals surface area contributed by atoms with Gasteiger partial charge in [0, 0.05) is 19.8 Å². The summed E-state index contributed by atoms with van der Waals surface area (Å²) in [4.78, 5) is 36.3. The van der Waals surface area contributed by atoms with Crippen LogP contribution in [0, 0.1) is 5.92 Å². The highest BCUT2D eigenvalue weighted by molar-refractivity contribution is 5.88. The molecule has 4 aliphatic rings. The standard InChI is InChI=1S/C22H24O8/c1-10(2)12-5-14-13(9-23)6-15(27-14)18-21(4,29-18)8-16-19-22(30-19,20(25)28-16)17(7-12)26-11(3)24/h6,9,12,16-19H,1,5,7-8H2,2-4H3/t12-,16-,17+,18+,19-,21-,22-/m0/s1. The Hall–Kier alpha value is -2.45. The zero-order valence-corrected chi connectivity index (χ0v) is 17.1. The van der Waals surface area contributed by atoms with Crippen LogP contribution < -0.4 is 0 Å². The number of epoxide rings is 2. The lowest BCUT2D eigenvalue weighted by atomic mass is 9.83. The minimum absolute atomic E-state index is 0.203. The Kier molecular flexibility index (Phi) is 4.08. The van der Waals surface area contributed by atoms with Crippen molar-refractivity contribution < 1.29 is 37.7 Å². The van der Waals surface area contributed by atoms with E-state index in [0.29, 0.717) is 36.3 Å². The molecular weight excluding hydrogens is 392 g/mol. The van der Waals surface area contributed by atoms with Gasteiger partial charge in [-0.1, -0.05) is 12.2 Å². The van der Waals surface area contributed by atoms with Crippen molar-refractivity contribution in [1.29, 1.82) is 0 Å². The quantitative estimate of drug-likeness (QED) is 0.320. The molecule has 0 aliphatic carbocycles. The van der Waals surface area contributed by atoms with Gasteiger partial charge in [0.1, 0.15) is 41.5 Å². The van der Waals surface area contributed by atoms with E-state index in [0.717, 1.165) is 11.9 Å². The SMILES string of the molecule is C=C(C)[C@H]1Cc2oc(cc2C=O)[C@H]2O[C@@]2(C)C[C@@H]2OC(=O)[C@]3(O[C@@H]23)[C@H](OC(C)=O)C1. The van der Waals surface area contributed by atoms with Crippen LogP contribution >= 0.6 is 0 Å². The molecule has 4 aliphatic heterocycles. The Morgan fingerprint density at radius 3 is 2.73 bits per heavy atom. The third kappa shape index (κ3) is 2.77. The summed E-state index contributed by atoms with van der Waals surface area (Å²) in [6.07, 6.45) is -0.277. The molecule has 5 rings (SSSR count). The van der Waals surface area contributed by atoms with Crippen LogP contribution in [0.2, 0.25) is 0 Å². The van der Waals surface area contributed by atoms with E-state index in [4.69, 9.17) is 23.4 Å². The van der Waals surface area contributed by atoms with E-state index in [1.165, 1.54) is 6.92 Å². The van der Waals surface area contributed by atoms with Gasteiger partial charge in [-0.3, -0.25) is 9.59 Å². The molecule has 7 atom stereocenters. The maximum atomic E-state index is 12.8. The van der Waals surface area contributed by atoms with E-state index in [2.05, 4.69) is 6.58 Å². The zero-order valence-electron chi connectivity index (χ0n) is 17.1. The lowest BCUT2D eigenvalue weighted by Crippen LogP contribution is -2.42. The lowest BCUT2D eigenvalue weighted by Gasteiger charge is -2.26. The van der Waals surface area contributed by atoms with Crippen molar-refractivity contribution >= 4 is 18.2 Å². The highest BCUT2D eigenvalue weighted by Gasteiger charge is 2.79. The largest absolute Gasteiger partial charge is 0.462 e. The van der Waals surface area contributed by atoms with E-state index in [1.807, 2.05) is 13.8 Å². The summed E-state index contributed by atoms with van der Waals surface area (Å²) in [5, 5.41) is 0. The van der Waals surface area contributed by atoms with Crippen molar-refractivity contribution in [2.75, 3.05) is 0 Å². The molecule has 8 heteroatoms. The molecule has 0 N–H and O–H groups in total. The number of fused-ring (bicyclic) bond motifs is 4. The number of allylic oxidation sites excluding steroid dienone is 1. The van der Waals surface area contributed by atoms with Gasteiger partial charge in [-0.15, -0.1) is 0 Å². The monoisotopic (exact) mass is 416 g/mol. The third-order valence-electron chi connectivity index (χ3n) is 6.75. The average Bonchev–Trinajstić information content (AvgIpc) is 3.49. The molecule has 3 fully saturated rings. The number of esters is 2. The van der Waals surface area contributed by atoms with Gasteiger partial charge in [-0.05, 0) is 32.3 Å². The second-order valence-corrected chi connectivity index (χ2v) is 9.02. The molecule has 4 bridgehead atoms. The molecule has 160 valence electrons. The summed E-state index contributed by atoms with van der Waals surface area (Å²) < 4.78 is 29.0. The van der Waals surface area contributed by atoms with Crippen molar-refractivity contribution in [1.82, 2.24) is 0 Å². The Morgan fingerprint density at radius 1 is 1.33 bits per heavy atom. The van der Waals surface area contributed by atoms with Crippen LogP contribution in [-0.2, 0) is 35.0 Å². The van der Waals surface area contributed by atoms with Crippen molar-refractivity contribution in [3.05, 3.63) is 35.3 Å². The highest BCUT2D eigenvalue weighted by atomic mass is 16.7. The second-order valence-electron chi connectivity index (χ2n) is 9.02. The molecule has 5 heterocycles. The maximum Gasteiger partial charge on any atom is 0.345 e. The summed E-state index contributed by atoms with van der Waals surface area (Å²) in [6, 6.07) is 1.71. The Morgan fingerprint density at radius 2 is 2.10 bits per heavy atom. The predicted octanol–water partition coefficient (Wildman–Crippen LogP) is 2.45. The fourth-order valence-corrected chi connectivity index (χ4v) is 4.98. The number of furan rings is 1. The van der Waals surface area contributed by atoms with Crippen LogP contribution in [0.5, 0.6) is 0 Å². The molecule has 0 unspecified atom stereocenters. The van der Waals surface area contributed by atoms with E-state index in [9.17, 15) is 14.4 Å². The number of carbonyl (C=O) groups excluding carboxylic acids is 3. The van der Waals surface area contributed by atoms with Crippen molar-refractivity contribution in [2.24, 2.45) is 5.92 Å². The van der Waals surface area contributed by atoms with Crippen LogP contribution in [0.1, 0.15) is 61.6 Å². The van der Waals surface area contributed by atoms with Crippen molar-refractivity contribution in [3.63, 3.8) is 0 Å². The predicted molar refractivity (Wildman–Crippen MR) is 101 cm³/mol. The van der Waals surface area contributed by atoms with Crippen LogP contribution in [0.25, 0.3) is 0 Å². The van der Waals surface area contributed by atoms with Crippen molar-refractivity contribution in [3.8, 4) is 0 Å². The average molecular weight is 416 g/mol. The Balaban J connectivity index is 1.57. The molecule has 0 saturated carbocycles. The van der Waals surface area contributed by atoms with Gasteiger partial charge in [-0.2, -0.15) is 0 Å².